The molecule has 0 saturated carbocycles. The second kappa shape index (κ2) is 5.74. The Balaban J connectivity index is 0.00000256. The maximum Gasteiger partial charge on any atom is 0.313 e. The Kier molecular flexibility index (Phi) is 5.24. The number of nitro benzene ring substituents is 1. The summed E-state index contributed by atoms with van der Waals surface area (Å²) in [5.74, 6) is -0.794. The first-order valence-electron chi connectivity index (χ1n) is 4.36. The average molecular weight is 269 g/mol. The van der Waals surface area contributed by atoms with Crippen LogP contribution in [-0.4, -0.2) is 16.5 Å². The van der Waals surface area contributed by atoms with Gasteiger partial charge in [0.1, 0.15) is 0 Å². The minimum absolute atomic E-state index is 0. The molecule has 8 heteroatoms. The molecule has 17 heavy (non-hydrogen) atoms. The van der Waals surface area contributed by atoms with Gasteiger partial charge in [-0.1, -0.05) is 12.1 Å². The van der Waals surface area contributed by atoms with Gasteiger partial charge in [0.25, 0.3) is 6.43 Å². The second-order valence-corrected chi connectivity index (χ2v) is 3.29. The lowest BCUT2D eigenvalue weighted by Crippen LogP contribution is -2.19. The molecule has 1 aromatic carbocycles. The van der Waals surface area contributed by atoms with Crippen molar-refractivity contribution in [2.24, 2.45) is 5.73 Å². The number of benzene rings is 1. The number of rotatable bonds is 3. The van der Waals surface area contributed by atoms with Gasteiger partial charge in [0.15, 0.2) is 5.75 Å². The number of phenols is 1. The van der Waals surface area contributed by atoms with Crippen LogP contribution in [-0.2, 0) is 0 Å². The van der Waals surface area contributed by atoms with E-state index in [4.69, 9.17) is 5.73 Å². The molecule has 0 fully saturated rings. The van der Waals surface area contributed by atoms with Gasteiger partial charge in [-0.2, -0.15) is 0 Å². The third-order valence-corrected chi connectivity index (χ3v) is 2.20. The van der Waals surface area contributed by atoms with Crippen molar-refractivity contribution in [2.75, 3.05) is 0 Å². The maximum atomic E-state index is 12.3. The molecule has 0 saturated heterocycles. The molecule has 0 radical (unpaired) electrons. The van der Waals surface area contributed by atoms with Crippen LogP contribution in [0, 0.1) is 17.0 Å². The van der Waals surface area contributed by atoms with Crippen LogP contribution in [0.25, 0.3) is 0 Å². The Hall–Kier alpha value is -1.47. The first kappa shape index (κ1) is 15.5. The topological polar surface area (TPSA) is 89.4 Å². The Labute approximate surface area is 102 Å². The Morgan fingerprint density at radius 3 is 2.41 bits per heavy atom. The van der Waals surface area contributed by atoms with Gasteiger partial charge in [0.05, 0.1) is 11.0 Å². The number of hydrogen-bond acceptors (Lipinski definition) is 4. The van der Waals surface area contributed by atoms with Crippen LogP contribution in [0.3, 0.4) is 0 Å². The van der Waals surface area contributed by atoms with E-state index in [2.05, 4.69) is 0 Å². The number of nitrogens with two attached hydrogens (primary N) is 1. The lowest BCUT2D eigenvalue weighted by molar-refractivity contribution is -0.386. The molecular formula is C9H11ClF2N2O3. The number of halogens is 3. The lowest BCUT2D eigenvalue weighted by Gasteiger charge is -2.13. The third kappa shape index (κ3) is 3.01. The van der Waals surface area contributed by atoms with E-state index in [0.29, 0.717) is 0 Å². The molecule has 0 bridgehead atoms. The number of nitro groups is 1. The number of alkyl halides is 2. The zero-order valence-corrected chi connectivity index (χ0v) is 9.58. The van der Waals surface area contributed by atoms with E-state index < -0.39 is 28.8 Å². The molecule has 1 aromatic rings. The summed E-state index contributed by atoms with van der Waals surface area (Å²) in [4.78, 5) is 9.78. The van der Waals surface area contributed by atoms with Crippen LogP contribution in [0.15, 0.2) is 12.1 Å². The van der Waals surface area contributed by atoms with Crippen LogP contribution in [0.2, 0.25) is 0 Å². The van der Waals surface area contributed by atoms with E-state index in [1.807, 2.05) is 0 Å². The summed E-state index contributed by atoms with van der Waals surface area (Å²) < 4.78 is 24.6. The van der Waals surface area contributed by atoms with Gasteiger partial charge < -0.3 is 10.8 Å². The smallest absolute Gasteiger partial charge is 0.313 e. The van der Waals surface area contributed by atoms with E-state index in [-0.39, 0.29) is 23.5 Å². The van der Waals surface area contributed by atoms with E-state index in [0.717, 1.165) is 6.07 Å². The molecule has 0 aliphatic carbocycles. The summed E-state index contributed by atoms with van der Waals surface area (Å²) in [5, 5.41) is 20.1. The van der Waals surface area contributed by atoms with Gasteiger partial charge in [-0.3, -0.25) is 10.1 Å². The molecule has 3 N–H and O–H groups in total. The fourth-order valence-electron chi connectivity index (χ4n) is 1.33. The lowest BCUT2D eigenvalue weighted by atomic mass is 10.0. The second-order valence-electron chi connectivity index (χ2n) is 3.29. The molecule has 0 unspecified atom stereocenters. The molecule has 0 aliphatic rings. The molecule has 0 amide bonds. The van der Waals surface area contributed by atoms with Gasteiger partial charge in [0, 0.05) is 11.1 Å². The third-order valence-electron chi connectivity index (χ3n) is 2.20. The van der Waals surface area contributed by atoms with Gasteiger partial charge in [0.2, 0.25) is 0 Å². The number of hydrogen-bond donors (Lipinski definition) is 2. The minimum atomic E-state index is -2.90. The summed E-state index contributed by atoms with van der Waals surface area (Å²) in [5.41, 5.74) is 4.40. The summed E-state index contributed by atoms with van der Waals surface area (Å²) in [6, 6.07) is 0.698. The van der Waals surface area contributed by atoms with Crippen molar-refractivity contribution < 1.29 is 18.8 Å². The van der Waals surface area contributed by atoms with Gasteiger partial charge in [-0.25, -0.2) is 8.78 Å². The predicted molar refractivity (Wildman–Crippen MR) is 59.7 cm³/mol. The fourth-order valence-corrected chi connectivity index (χ4v) is 1.33. The fraction of sp³-hybridized carbons (Fsp3) is 0.333. The van der Waals surface area contributed by atoms with Gasteiger partial charge in [-0.05, 0) is 6.92 Å². The summed E-state index contributed by atoms with van der Waals surface area (Å²) in [6.07, 6.45) is -2.90. The van der Waals surface area contributed by atoms with E-state index in [1.54, 1.807) is 0 Å². The van der Waals surface area contributed by atoms with Gasteiger partial charge in [-0.15, -0.1) is 12.4 Å². The van der Waals surface area contributed by atoms with Crippen LogP contribution in [0.5, 0.6) is 5.75 Å². The molecule has 96 valence electrons. The predicted octanol–water partition coefficient (Wildman–Crippen LogP) is 2.30. The van der Waals surface area contributed by atoms with Crippen molar-refractivity contribution in [1.29, 1.82) is 0 Å². The van der Waals surface area contributed by atoms with Crippen molar-refractivity contribution >= 4 is 18.1 Å². The van der Waals surface area contributed by atoms with E-state index >= 15 is 0 Å². The maximum absolute atomic E-state index is 12.3. The van der Waals surface area contributed by atoms with Crippen LogP contribution in [0.4, 0.5) is 14.5 Å². The van der Waals surface area contributed by atoms with E-state index in [1.165, 1.54) is 13.0 Å². The van der Waals surface area contributed by atoms with Crippen molar-refractivity contribution in [1.82, 2.24) is 0 Å². The molecule has 0 heterocycles. The highest BCUT2D eigenvalue weighted by molar-refractivity contribution is 5.85. The summed E-state index contributed by atoms with van der Waals surface area (Å²) >= 11 is 0. The largest absolute Gasteiger partial charge is 0.502 e. The van der Waals surface area contributed by atoms with Crippen LogP contribution in [0.1, 0.15) is 17.2 Å². The van der Waals surface area contributed by atoms with Crippen molar-refractivity contribution in [3.05, 3.63) is 33.4 Å². The Bertz CT molecular complexity index is 429. The Morgan fingerprint density at radius 2 is 2.00 bits per heavy atom. The highest BCUT2D eigenvalue weighted by Gasteiger charge is 2.27. The number of aromatic hydroxyl groups is 1. The zero-order valence-electron chi connectivity index (χ0n) is 8.76. The normalized spacial score (nSPS) is 12.1. The van der Waals surface area contributed by atoms with E-state index in [9.17, 15) is 24.0 Å². The van der Waals surface area contributed by atoms with Crippen LogP contribution >= 0.6 is 12.4 Å². The monoisotopic (exact) mass is 268 g/mol. The number of nitrogens with zero attached hydrogens (tertiary/aromatic N) is 1. The number of phenolic OH excluding ortho intramolecular Hbond substituents is 1. The SMILES string of the molecule is Cc1ccc([C@@H](N)C(F)F)c(O)c1[N+](=O)[O-].Cl. The standard InChI is InChI=1S/C9H10F2N2O3.ClH/c1-4-2-3-5(6(12)9(10)11)8(14)7(4)13(15)16;/h2-3,6,9,14H,12H2,1H3;1H/t6-;/m1./s1. The van der Waals surface area contributed by atoms with Crippen molar-refractivity contribution in [3.63, 3.8) is 0 Å². The molecule has 5 nitrogen and oxygen atoms in total. The van der Waals surface area contributed by atoms with Crippen molar-refractivity contribution in [2.45, 2.75) is 19.4 Å². The quantitative estimate of drug-likeness (QED) is 0.650. The van der Waals surface area contributed by atoms with Gasteiger partial charge >= 0.3 is 5.69 Å². The average Bonchev–Trinajstić information content (AvgIpc) is 2.16. The molecule has 0 spiro atoms. The minimum Gasteiger partial charge on any atom is -0.502 e. The molecule has 0 aromatic heterocycles. The highest BCUT2D eigenvalue weighted by Crippen LogP contribution is 2.36. The molecule has 0 aliphatic heterocycles. The van der Waals surface area contributed by atoms with Crippen molar-refractivity contribution in [3.8, 4) is 5.75 Å². The highest BCUT2D eigenvalue weighted by atomic mass is 35.5. The zero-order chi connectivity index (χ0) is 12.5. The van der Waals surface area contributed by atoms with Crippen LogP contribution < -0.4 is 5.73 Å². The Morgan fingerprint density at radius 1 is 1.47 bits per heavy atom. The molecule has 1 atom stereocenters. The molecular weight excluding hydrogens is 258 g/mol. The summed E-state index contributed by atoms with van der Waals surface area (Å²) in [7, 11) is 0. The first-order valence-corrected chi connectivity index (χ1v) is 4.36. The molecule has 1 rings (SSSR count). The first-order chi connectivity index (χ1) is 7.36. The summed E-state index contributed by atoms with van der Waals surface area (Å²) in [6.45, 7) is 1.40. The number of aryl methyl sites for hydroxylation is 1.